The van der Waals surface area contributed by atoms with Gasteiger partial charge < -0.3 is 15.2 Å². The van der Waals surface area contributed by atoms with Crippen molar-refractivity contribution in [3.05, 3.63) is 47.3 Å². The molecule has 1 aromatic heterocycles. The largest absolute Gasteiger partial charge is 0.545 e. The lowest BCUT2D eigenvalue weighted by Crippen LogP contribution is -2.23. The Kier molecular flexibility index (Phi) is 3.33. The Labute approximate surface area is 109 Å². The molecule has 6 nitrogen and oxygen atoms in total. The number of hydrogen-bond donors (Lipinski definition) is 1. The summed E-state index contributed by atoms with van der Waals surface area (Å²) >= 11 is 0. The summed E-state index contributed by atoms with van der Waals surface area (Å²) in [4.78, 5) is 22.8. The number of aromatic nitrogens is 2. The van der Waals surface area contributed by atoms with Crippen molar-refractivity contribution in [2.75, 3.05) is 5.32 Å². The van der Waals surface area contributed by atoms with E-state index in [9.17, 15) is 14.7 Å². The van der Waals surface area contributed by atoms with Crippen molar-refractivity contribution in [1.82, 2.24) is 9.78 Å². The van der Waals surface area contributed by atoms with Gasteiger partial charge in [0.2, 0.25) is 0 Å². The van der Waals surface area contributed by atoms with Crippen LogP contribution in [0.4, 0.5) is 5.69 Å². The molecule has 1 N–H and O–H groups in total. The van der Waals surface area contributed by atoms with Crippen molar-refractivity contribution in [3.8, 4) is 0 Å². The Balaban J connectivity index is 2.28. The van der Waals surface area contributed by atoms with E-state index in [1.54, 1.807) is 26.1 Å². The van der Waals surface area contributed by atoms with Gasteiger partial charge in [0.05, 0.1) is 5.97 Å². The van der Waals surface area contributed by atoms with E-state index in [-0.39, 0.29) is 11.5 Å². The van der Waals surface area contributed by atoms with Gasteiger partial charge in [-0.1, -0.05) is 12.1 Å². The van der Waals surface area contributed by atoms with Gasteiger partial charge in [-0.05, 0) is 30.2 Å². The van der Waals surface area contributed by atoms with E-state index in [0.717, 1.165) is 5.56 Å². The molecule has 0 fully saturated rings. The van der Waals surface area contributed by atoms with Gasteiger partial charge in [0, 0.05) is 18.9 Å². The molecule has 0 saturated heterocycles. The van der Waals surface area contributed by atoms with E-state index < -0.39 is 5.97 Å². The number of hydrogen-bond acceptors (Lipinski definition) is 4. The number of carbonyl (C=O) groups excluding carboxylic acids is 2. The highest BCUT2D eigenvalue weighted by atomic mass is 16.4. The average Bonchev–Trinajstić information content (AvgIpc) is 2.78. The molecule has 19 heavy (non-hydrogen) atoms. The molecule has 98 valence electrons. The number of rotatable bonds is 3. The smallest absolute Gasteiger partial charge is 0.273 e. The normalized spacial score (nSPS) is 10.2. The lowest BCUT2D eigenvalue weighted by atomic mass is 10.1. The van der Waals surface area contributed by atoms with Crippen LogP contribution in [0.2, 0.25) is 0 Å². The van der Waals surface area contributed by atoms with Gasteiger partial charge in [-0.15, -0.1) is 0 Å². The first-order valence-corrected chi connectivity index (χ1v) is 5.60. The van der Waals surface area contributed by atoms with E-state index in [2.05, 4.69) is 10.4 Å². The maximum Gasteiger partial charge on any atom is 0.273 e. The van der Waals surface area contributed by atoms with Crippen molar-refractivity contribution >= 4 is 17.6 Å². The van der Waals surface area contributed by atoms with Gasteiger partial charge in [0.15, 0.2) is 0 Å². The summed E-state index contributed by atoms with van der Waals surface area (Å²) in [6.07, 6.45) is 1.51. The zero-order chi connectivity index (χ0) is 14.0. The van der Waals surface area contributed by atoms with Crippen LogP contribution in [-0.2, 0) is 7.05 Å². The Morgan fingerprint density at radius 1 is 1.32 bits per heavy atom. The molecule has 0 atom stereocenters. The van der Waals surface area contributed by atoms with Crippen LogP contribution in [0, 0.1) is 6.92 Å². The Hall–Kier alpha value is -2.63. The van der Waals surface area contributed by atoms with Crippen molar-refractivity contribution < 1.29 is 14.7 Å². The monoisotopic (exact) mass is 258 g/mol. The summed E-state index contributed by atoms with van der Waals surface area (Å²) in [5.41, 5.74) is 1.61. The summed E-state index contributed by atoms with van der Waals surface area (Å²) in [5.74, 6) is -1.63. The molecule has 2 aromatic rings. The van der Waals surface area contributed by atoms with E-state index in [1.165, 1.54) is 23.0 Å². The number of nitrogens with zero attached hydrogens (tertiary/aromatic N) is 2. The minimum Gasteiger partial charge on any atom is -0.545 e. The van der Waals surface area contributed by atoms with E-state index in [0.29, 0.717) is 11.4 Å². The fourth-order valence-electron chi connectivity index (χ4n) is 1.67. The Morgan fingerprint density at radius 2 is 2.05 bits per heavy atom. The van der Waals surface area contributed by atoms with E-state index >= 15 is 0 Å². The first-order valence-electron chi connectivity index (χ1n) is 5.60. The number of aryl methyl sites for hydroxylation is 2. The van der Waals surface area contributed by atoms with Gasteiger partial charge >= 0.3 is 0 Å². The summed E-state index contributed by atoms with van der Waals surface area (Å²) in [6.45, 7) is 1.78. The number of carboxylic acids is 1. The second kappa shape index (κ2) is 4.93. The molecule has 1 aromatic carbocycles. The molecule has 1 heterocycles. The van der Waals surface area contributed by atoms with Crippen molar-refractivity contribution in [1.29, 1.82) is 0 Å². The third kappa shape index (κ3) is 2.62. The van der Waals surface area contributed by atoms with Crippen LogP contribution in [-0.4, -0.2) is 21.7 Å². The molecule has 0 spiro atoms. The molecular formula is C13H12N3O3-. The molecule has 0 aliphatic heterocycles. The quantitative estimate of drug-likeness (QED) is 0.860. The maximum atomic E-state index is 12.0. The van der Waals surface area contributed by atoms with Crippen LogP contribution in [0.5, 0.6) is 0 Å². The summed E-state index contributed by atoms with van der Waals surface area (Å²) in [7, 11) is 1.65. The lowest BCUT2D eigenvalue weighted by Gasteiger charge is -2.11. The third-order valence-corrected chi connectivity index (χ3v) is 2.78. The molecule has 0 aliphatic carbocycles. The van der Waals surface area contributed by atoms with Gasteiger partial charge in [-0.2, -0.15) is 5.10 Å². The number of carbonyl (C=O) groups is 2. The predicted octanol–water partition coefficient (Wildman–Crippen LogP) is 0.344. The van der Waals surface area contributed by atoms with Crippen LogP contribution in [0.15, 0.2) is 30.5 Å². The molecule has 2 rings (SSSR count). The van der Waals surface area contributed by atoms with E-state index in [1.807, 2.05) is 0 Å². The van der Waals surface area contributed by atoms with Crippen LogP contribution in [0.1, 0.15) is 26.4 Å². The fourth-order valence-corrected chi connectivity index (χ4v) is 1.67. The van der Waals surface area contributed by atoms with Crippen LogP contribution < -0.4 is 10.4 Å². The van der Waals surface area contributed by atoms with Gasteiger partial charge in [-0.25, -0.2) is 0 Å². The zero-order valence-electron chi connectivity index (χ0n) is 10.5. The molecule has 0 radical (unpaired) electrons. The summed E-state index contributed by atoms with van der Waals surface area (Å²) in [6, 6.07) is 6.00. The first kappa shape index (κ1) is 12.8. The second-order valence-corrected chi connectivity index (χ2v) is 4.11. The number of nitrogens with one attached hydrogen (secondary N) is 1. The number of amides is 1. The maximum absolute atomic E-state index is 12.0. The van der Waals surface area contributed by atoms with Crippen LogP contribution >= 0.6 is 0 Å². The molecule has 6 heteroatoms. The number of benzene rings is 1. The minimum atomic E-state index is -1.28. The minimum absolute atomic E-state index is 0.0194. The predicted molar refractivity (Wildman–Crippen MR) is 66.7 cm³/mol. The number of carboxylic acid groups (broad SMARTS) is 1. The topological polar surface area (TPSA) is 87.0 Å². The fraction of sp³-hybridized carbons (Fsp3) is 0.154. The van der Waals surface area contributed by atoms with Crippen LogP contribution in [0.3, 0.4) is 0 Å². The number of anilines is 1. The Bertz CT molecular complexity index is 646. The van der Waals surface area contributed by atoms with Gasteiger partial charge in [0.25, 0.3) is 5.91 Å². The summed E-state index contributed by atoms with van der Waals surface area (Å²) in [5, 5.41) is 17.4. The standard InChI is InChI=1S/C13H13N3O3/c1-8-3-4-9(13(18)19)7-10(8)15-12(17)11-5-6-14-16(11)2/h3-7H,1-2H3,(H,15,17)(H,18,19)/p-1. The van der Waals surface area contributed by atoms with Crippen molar-refractivity contribution in [2.24, 2.45) is 7.05 Å². The highest BCUT2D eigenvalue weighted by Gasteiger charge is 2.11. The second-order valence-electron chi connectivity index (χ2n) is 4.11. The molecule has 0 aliphatic rings. The van der Waals surface area contributed by atoms with E-state index in [4.69, 9.17) is 0 Å². The molecule has 0 saturated carbocycles. The lowest BCUT2D eigenvalue weighted by molar-refractivity contribution is -0.255. The molecular weight excluding hydrogens is 246 g/mol. The SMILES string of the molecule is Cc1ccc(C(=O)[O-])cc1NC(=O)c1ccnn1C. The number of aromatic carboxylic acids is 1. The Morgan fingerprint density at radius 3 is 2.63 bits per heavy atom. The highest BCUT2D eigenvalue weighted by Crippen LogP contribution is 2.17. The molecule has 0 bridgehead atoms. The first-order chi connectivity index (χ1) is 8.99. The molecule has 0 unspecified atom stereocenters. The summed E-state index contributed by atoms with van der Waals surface area (Å²) < 4.78 is 1.44. The van der Waals surface area contributed by atoms with Crippen LogP contribution in [0.25, 0.3) is 0 Å². The zero-order valence-corrected chi connectivity index (χ0v) is 10.5. The highest BCUT2D eigenvalue weighted by molar-refractivity contribution is 6.04. The molecule has 1 amide bonds. The van der Waals surface area contributed by atoms with Crippen molar-refractivity contribution in [2.45, 2.75) is 6.92 Å². The average molecular weight is 258 g/mol. The van der Waals surface area contributed by atoms with Gasteiger partial charge in [-0.3, -0.25) is 9.48 Å². The third-order valence-electron chi connectivity index (χ3n) is 2.78. The van der Waals surface area contributed by atoms with Crippen molar-refractivity contribution in [3.63, 3.8) is 0 Å². The van der Waals surface area contributed by atoms with Gasteiger partial charge in [0.1, 0.15) is 5.69 Å².